The number of carbonyl (C=O) groups is 10. The van der Waals surface area contributed by atoms with Gasteiger partial charge in [0, 0.05) is 144 Å². The van der Waals surface area contributed by atoms with Gasteiger partial charge in [0.2, 0.25) is 35.2 Å². The zero-order chi connectivity index (χ0) is 60.1. The maximum absolute atomic E-state index is 13.2. The lowest BCUT2D eigenvalue weighted by Gasteiger charge is -2.06. The number of aromatic nitrogens is 11. The van der Waals surface area contributed by atoms with Gasteiger partial charge in [-0.2, -0.15) is 5.26 Å². The molecule has 0 aliphatic rings. The molecule has 0 bridgehead atoms. The molecule has 0 aromatic carbocycles. The van der Waals surface area contributed by atoms with E-state index in [9.17, 15) is 47.9 Å². The van der Waals surface area contributed by atoms with Gasteiger partial charge in [-0.25, -0.2) is 19.9 Å². The smallest absolute Gasteiger partial charge is 0.291 e. The molecule has 0 fully saturated rings. The van der Waals surface area contributed by atoms with E-state index < -0.39 is 59.1 Å². The van der Waals surface area contributed by atoms with E-state index in [1.54, 1.807) is 66.3 Å². The first-order valence-electron chi connectivity index (χ1n) is 25.5. The van der Waals surface area contributed by atoms with E-state index in [2.05, 4.69) is 73.1 Å². The normalized spacial score (nSPS) is 10.8. The molecule has 7 heterocycles. The third-order valence-electron chi connectivity index (χ3n) is 12.2. The van der Waals surface area contributed by atoms with Crippen LogP contribution in [0.5, 0.6) is 0 Å². The Balaban J connectivity index is 0.775. The van der Waals surface area contributed by atoms with Crippen molar-refractivity contribution < 1.29 is 47.9 Å². The van der Waals surface area contributed by atoms with E-state index in [0.29, 0.717) is 11.4 Å². The molecule has 434 valence electrons. The van der Waals surface area contributed by atoms with Gasteiger partial charge in [-0.3, -0.25) is 47.9 Å². The SMILES string of the molecule is Cn1cc(NC(=O)c2nc(NC(=O)CCNC(=O)c3cc(NC(=O)c4nccn4C)cn3C)cn2C)cc1C(=O)NCCCC(=O)Nc1cn(C)c(C(=O)NCCC(=O)Nc2cc(C(=O)Nc3cn(C)c(C(=O)NCCC#N)n3)n(C)c2)n1. The van der Waals surface area contributed by atoms with E-state index in [4.69, 9.17) is 5.26 Å². The molecule has 0 aliphatic heterocycles. The fourth-order valence-electron chi connectivity index (χ4n) is 8.16. The monoisotopic (exact) mass is 1140 g/mol. The molecule has 0 aliphatic carbocycles. The summed E-state index contributed by atoms with van der Waals surface area (Å²) in [7, 11) is 11.2. The number of nitriles is 1. The number of anilines is 6. The lowest BCUT2D eigenvalue weighted by molar-refractivity contribution is -0.117. The Bertz CT molecular complexity index is 3690. The minimum atomic E-state index is -0.632. The van der Waals surface area contributed by atoms with Gasteiger partial charge in [-0.1, -0.05) is 0 Å². The Labute approximate surface area is 472 Å². The Morgan fingerprint density at radius 2 is 0.807 bits per heavy atom. The van der Waals surface area contributed by atoms with Crippen molar-refractivity contribution in [1.29, 1.82) is 5.26 Å². The van der Waals surface area contributed by atoms with Crippen LogP contribution in [-0.4, -0.2) is 137 Å². The molecule has 10 amide bonds. The number of hydrogen-bond donors (Lipinski definition) is 10. The lowest BCUT2D eigenvalue weighted by Crippen LogP contribution is -2.29. The third-order valence-corrected chi connectivity index (χ3v) is 12.2. The van der Waals surface area contributed by atoms with Gasteiger partial charge in [-0.15, -0.1) is 0 Å². The Morgan fingerprint density at radius 3 is 1.29 bits per heavy atom. The number of nitrogens with one attached hydrogen (secondary N) is 10. The highest BCUT2D eigenvalue weighted by atomic mass is 16.2. The van der Waals surface area contributed by atoms with Gasteiger partial charge < -0.3 is 85.1 Å². The number of hydrogen-bond acceptors (Lipinski definition) is 15. The fraction of sp³-hybridized carbons (Fsp3) is 0.314. The van der Waals surface area contributed by atoms with Gasteiger partial charge in [0.15, 0.2) is 23.3 Å². The van der Waals surface area contributed by atoms with E-state index in [0.717, 1.165) is 0 Å². The molecular formula is C51H60N22O10. The maximum atomic E-state index is 13.2. The van der Waals surface area contributed by atoms with Gasteiger partial charge in [0.25, 0.3) is 41.4 Å². The molecule has 7 aromatic rings. The summed E-state index contributed by atoms with van der Waals surface area (Å²) in [6.45, 7) is 0.157. The molecular weight excluding hydrogens is 1080 g/mol. The van der Waals surface area contributed by atoms with Crippen molar-refractivity contribution in [1.82, 2.24) is 73.2 Å². The molecule has 7 rings (SSSR count). The summed E-state index contributed by atoms with van der Waals surface area (Å²) in [5.41, 5.74) is 1.59. The maximum Gasteiger partial charge on any atom is 0.291 e. The summed E-state index contributed by atoms with van der Waals surface area (Å²) in [5, 5.41) is 35.2. The van der Waals surface area contributed by atoms with Crippen LogP contribution in [0, 0.1) is 11.3 Å². The van der Waals surface area contributed by atoms with Crippen molar-refractivity contribution >= 4 is 93.6 Å². The highest BCUT2D eigenvalue weighted by Crippen LogP contribution is 2.19. The van der Waals surface area contributed by atoms with E-state index in [1.165, 1.54) is 82.8 Å². The zero-order valence-corrected chi connectivity index (χ0v) is 46.2. The molecule has 7 aromatic heterocycles. The summed E-state index contributed by atoms with van der Waals surface area (Å²) < 4.78 is 10.3. The van der Waals surface area contributed by atoms with E-state index in [1.807, 2.05) is 6.07 Å². The predicted molar refractivity (Wildman–Crippen MR) is 297 cm³/mol. The largest absolute Gasteiger partial charge is 0.351 e. The number of imidazole rings is 4. The highest BCUT2D eigenvalue weighted by molar-refractivity contribution is 6.06. The van der Waals surface area contributed by atoms with Crippen molar-refractivity contribution in [3.63, 3.8) is 0 Å². The Morgan fingerprint density at radius 1 is 0.410 bits per heavy atom. The van der Waals surface area contributed by atoms with Crippen LogP contribution in [0.2, 0.25) is 0 Å². The molecule has 0 spiro atoms. The molecule has 0 unspecified atom stereocenters. The van der Waals surface area contributed by atoms with Crippen LogP contribution in [0.3, 0.4) is 0 Å². The standard InChI is InChI=1S/C51H60N22O10/c1-67-19-18-53-41(67)50(82)59-30-21-33(69(3)24-30)46(78)56-16-12-40(76)62-36-27-73(7)44(64-36)51(83)60-31-22-32(68(2)25-31)45(77)54-14-8-10-38(74)61-35-26-71(5)43(63-35)49(81)57-17-11-39(75)58-29-20-34(70(4)23-29)47(79)66-37-28-72(6)42(65-37)48(80)55-15-9-13-52/h18-28H,8-12,14-17H2,1-7H3,(H,54,77)(H,55,80)(H,56,78)(H,57,81)(H,58,75)(H,59,82)(H,60,83)(H,61,74)(H,62,76)(H,66,79). The molecule has 0 atom stereocenters. The molecule has 0 radical (unpaired) electrons. The van der Waals surface area contributed by atoms with Crippen molar-refractivity contribution in [3.8, 4) is 6.07 Å². The molecule has 0 saturated heterocycles. The molecule has 10 N–H and O–H groups in total. The van der Waals surface area contributed by atoms with Crippen molar-refractivity contribution in [2.24, 2.45) is 49.3 Å². The summed E-state index contributed by atoms with van der Waals surface area (Å²) in [4.78, 5) is 145. The predicted octanol–water partition coefficient (Wildman–Crippen LogP) is 0.702. The van der Waals surface area contributed by atoms with Gasteiger partial charge in [-0.05, 0) is 24.6 Å². The third kappa shape index (κ3) is 15.6. The minimum Gasteiger partial charge on any atom is -0.351 e. The van der Waals surface area contributed by atoms with Crippen LogP contribution in [0.4, 0.5) is 34.5 Å². The quantitative estimate of drug-likeness (QED) is 0.0352. The van der Waals surface area contributed by atoms with Crippen molar-refractivity contribution in [2.45, 2.75) is 32.1 Å². The van der Waals surface area contributed by atoms with Gasteiger partial charge in [0.1, 0.15) is 17.1 Å². The first-order valence-corrected chi connectivity index (χ1v) is 25.5. The number of rotatable bonds is 25. The van der Waals surface area contributed by atoms with Crippen molar-refractivity contribution in [3.05, 3.63) is 108 Å². The van der Waals surface area contributed by atoms with Crippen LogP contribution in [0.15, 0.2) is 67.8 Å². The Kier molecular flexibility index (Phi) is 19.1. The topological polar surface area (TPSA) is 401 Å². The highest BCUT2D eigenvalue weighted by Gasteiger charge is 2.23. The summed E-state index contributed by atoms with van der Waals surface area (Å²) in [6.07, 6.45) is 12.2. The number of aryl methyl sites for hydroxylation is 7. The summed E-state index contributed by atoms with van der Waals surface area (Å²) in [6, 6.07) is 6.32. The molecule has 0 saturated carbocycles. The Hall–Kier alpha value is -11.1. The molecule has 83 heavy (non-hydrogen) atoms. The van der Waals surface area contributed by atoms with Crippen LogP contribution < -0.4 is 53.2 Å². The second-order valence-corrected chi connectivity index (χ2v) is 18.8. The zero-order valence-electron chi connectivity index (χ0n) is 46.2. The van der Waals surface area contributed by atoms with E-state index in [-0.39, 0.29) is 122 Å². The van der Waals surface area contributed by atoms with Gasteiger partial charge >= 0.3 is 0 Å². The lowest BCUT2D eigenvalue weighted by atomic mass is 10.3. The number of carbonyl (C=O) groups excluding carboxylic acids is 10. The van der Waals surface area contributed by atoms with Crippen LogP contribution in [0.1, 0.15) is 106 Å². The van der Waals surface area contributed by atoms with Crippen LogP contribution in [0.25, 0.3) is 0 Å². The first kappa shape index (κ1) is 59.5. The average molecular weight is 1140 g/mol. The summed E-state index contributed by atoms with van der Waals surface area (Å²) >= 11 is 0. The van der Waals surface area contributed by atoms with Gasteiger partial charge in [0.05, 0.1) is 29.6 Å². The number of amides is 10. The molecule has 32 heteroatoms. The number of nitrogens with zero attached hydrogens (tertiary/aromatic N) is 12. The second kappa shape index (κ2) is 26.7. The minimum absolute atomic E-state index is 0.0124. The summed E-state index contributed by atoms with van der Waals surface area (Å²) in [5.74, 6) is -4.66. The van der Waals surface area contributed by atoms with E-state index >= 15 is 0 Å². The molecule has 32 nitrogen and oxygen atoms in total. The average Bonchev–Trinajstić information content (AvgIpc) is 4.52. The van der Waals surface area contributed by atoms with Crippen LogP contribution in [-0.2, 0) is 63.7 Å². The van der Waals surface area contributed by atoms with Crippen LogP contribution >= 0.6 is 0 Å². The first-order chi connectivity index (χ1) is 39.6. The fourth-order valence-corrected chi connectivity index (χ4v) is 8.16. The van der Waals surface area contributed by atoms with Crippen molar-refractivity contribution in [2.75, 3.05) is 58.1 Å². The second-order valence-electron chi connectivity index (χ2n) is 18.8.